The molecule has 2 aromatic rings. The van der Waals surface area contributed by atoms with Crippen LogP contribution in [0.3, 0.4) is 0 Å². The van der Waals surface area contributed by atoms with Crippen LogP contribution in [0.2, 0.25) is 0 Å². The third-order valence-electron chi connectivity index (χ3n) is 6.23. The van der Waals surface area contributed by atoms with Crippen molar-refractivity contribution in [3.8, 4) is 0 Å². The molecule has 0 aliphatic carbocycles. The van der Waals surface area contributed by atoms with Crippen LogP contribution in [0, 0.1) is 12.8 Å². The predicted octanol–water partition coefficient (Wildman–Crippen LogP) is 2.39. The number of anilines is 1. The molecule has 3 aliphatic rings. The average Bonchev–Trinajstić information content (AvgIpc) is 3.16. The third kappa shape index (κ3) is 3.94. The SMILES string of the molecule is Cc1cccc(CN2C[C@@H]3CN(Cc4cnc(N5CCOCC5)s4)CC[C@@H]32)n1. The molecule has 150 valence electrons. The lowest BCUT2D eigenvalue weighted by atomic mass is 9.82. The van der Waals surface area contributed by atoms with Crippen LogP contribution >= 0.6 is 11.3 Å². The largest absolute Gasteiger partial charge is 0.378 e. The summed E-state index contributed by atoms with van der Waals surface area (Å²) in [7, 11) is 0. The number of pyridine rings is 1. The van der Waals surface area contributed by atoms with Crippen LogP contribution in [0.5, 0.6) is 0 Å². The fraction of sp³-hybridized carbons (Fsp3) is 0.619. The van der Waals surface area contributed by atoms with Gasteiger partial charge in [0.05, 0.1) is 18.9 Å². The van der Waals surface area contributed by atoms with Crippen molar-refractivity contribution >= 4 is 16.5 Å². The van der Waals surface area contributed by atoms with Gasteiger partial charge in [-0.15, -0.1) is 11.3 Å². The molecule has 7 heteroatoms. The van der Waals surface area contributed by atoms with Gasteiger partial charge in [-0.2, -0.15) is 0 Å². The van der Waals surface area contributed by atoms with Gasteiger partial charge in [0, 0.05) is 68.6 Å². The summed E-state index contributed by atoms with van der Waals surface area (Å²) < 4.78 is 5.45. The van der Waals surface area contributed by atoms with Crippen LogP contribution in [-0.4, -0.2) is 71.7 Å². The van der Waals surface area contributed by atoms with Crippen LogP contribution in [0.25, 0.3) is 0 Å². The second-order valence-corrected chi connectivity index (χ2v) is 9.35. The van der Waals surface area contributed by atoms with E-state index in [4.69, 9.17) is 4.74 Å². The second-order valence-electron chi connectivity index (χ2n) is 8.26. The molecule has 0 radical (unpaired) electrons. The van der Waals surface area contributed by atoms with Crippen molar-refractivity contribution in [3.05, 3.63) is 40.7 Å². The van der Waals surface area contributed by atoms with Gasteiger partial charge in [-0.25, -0.2) is 4.98 Å². The second kappa shape index (κ2) is 8.06. The van der Waals surface area contributed by atoms with Gasteiger partial charge >= 0.3 is 0 Å². The summed E-state index contributed by atoms with van der Waals surface area (Å²) in [6.07, 6.45) is 3.35. The Bertz CT molecular complexity index is 806. The minimum absolute atomic E-state index is 0.740. The maximum Gasteiger partial charge on any atom is 0.185 e. The van der Waals surface area contributed by atoms with E-state index in [1.807, 2.05) is 11.3 Å². The highest BCUT2D eigenvalue weighted by molar-refractivity contribution is 7.15. The Morgan fingerprint density at radius 1 is 1.14 bits per heavy atom. The third-order valence-corrected chi connectivity index (χ3v) is 7.27. The molecule has 0 amide bonds. The molecular weight excluding hydrogens is 370 g/mol. The molecule has 2 atom stereocenters. The smallest absolute Gasteiger partial charge is 0.185 e. The van der Waals surface area contributed by atoms with Crippen molar-refractivity contribution in [2.24, 2.45) is 5.92 Å². The monoisotopic (exact) mass is 399 g/mol. The molecule has 0 bridgehead atoms. The molecule has 3 saturated heterocycles. The molecule has 0 N–H and O–H groups in total. The number of piperidine rings is 1. The number of rotatable bonds is 5. The van der Waals surface area contributed by atoms with Crippen molar-refractivity contribution in [1.82, 2.24) is 19.8 Å². The van der Waals surface area contributed by atoms with Crippen molar-refractivity contribution < 1.29 is 4.74 Å². The Morgan fingerprint density at radius 3 is 2.86 bits per heavy atom. The van der Waals surface area contributed by atoms with Crippen LogP contribution in [-0.2, 0) is 17.8 Å². The molecule has 6 nitrogen and oxygen atoms in total. The van der Waals surface area contributed by atoms with Gasteiger partial charge < -0.3 is 9.64 Å². The maximum atomic E-state index is 5.45. The topological polar surface area (TPSA) is 44.7 Å². The van der Waals surface area contributed by atoms with E-state index < -0.39 is 0 Å². The fourth-order valence-corrected chi connectivity index (χ4v) is 5.77. The molecule has 0 saturated carbocycles. The molecule has 28 heavy (non-hydrogen) atoms. The molecule has 5 heterocycles. The average molecular weight is 400 g/mol. The lowest BCUT2D eigenvalue weighted by Crippen LogP contribution is -2.62. The van der Waals surface area contributed by atoms with E-state index in [1.54, 1.807) is 0 Å². The quantitative estimate of drug-likeness (QED) is 0.769. The standard InChI is InChI=1S/C21H29N5OS/c1-16-3-2-4-18(23-16)14-26-13-17-12-24(6-5-20(17)26)15-19-11-22-21(28-19)25-7-9-27-10-8-25/h2-4,11,17,20H,5-10,12-15H2,1H3/t17-,20-/m0/s1. The van der Waals surface area contributed by atoms with Gasteiger partial charge in [0.25, 0.3) is 0 Å². The minimum Gasteiger partial charge on any atom is -0.378 e. The van der Waals surface area contributed by atoms with Crippen molar-refractivity contribution in [3.63, 3.8) is 0 Å². The minimum atomic E-state index is 0.740. The van der Waals surface area contributed by atoms with Crippen molar-refractivity contribution in [1.29, 1.82) is 0 Å². The number of hydrogen-bond donors (Lipinski definition) is 0. The first-order valence-corrected chi connectivity index (χ1v) is 11.2. The van der Waals surface area contributed by atoms with E-state index in [-0.39, 0.29) is 0 Å². The molecular formula is C21H29N5OS. The number of aromatic nitrogens is 2. The predicted molar refractivity (Wildman–Crippen MR) is 112 cm³/mol. The summed E-state index contributed by atoms with van der Waals surface area (Å²) in [4.78, 5) is 18.3. The molecule has 5 rings (SSSR count). The zero-order valence-corrected chi connectivity index (χ0v) is 17.4. The zero-order valence-electron chi connectivity index (χ0n) is 16.6. The maximum absolute atomic E-state index is 5.45. The Balaban J connectivity index is 1.12. The number of fused-ring (bicyclic) bond motifs is 1. The lowest BCUT2D eigenvalue weighted by Gasteiger charge is -2.53. The highest BCUT2D eigenvalue weighted by atomic mass is 32.1. The van der Waals surface area contributed by atoms with Crippen LogP contribution in [0.15, 0.2) is 24.4 Å². The Labute approximate surface area is 171 Å². The fourth-order valence-electron chi connectivity index (χ4n) is 4.77. The van der Waals surface area contributed by atoms with Gasteiger partial charge in [-0.3, -0.25) is 14.8 Å². The van der Waals surface area contributed by atoms with Gasteiger partial charge in [0.2, 0.25) is 0 Å². The summed E-state index contributed by atoms with van der Waals surface area (Å²) >= 11 is 1.86. The van der Waals surface area contributed by atoms with Crippen LogP contribution < -0.4 is 4.90 Å². The summed E-state index contributed by atoms with van der Waals surface area (Å²) in [5, 5.41) is 1.16. The van der Waals surface area contributed by atoms with Gasteiger partial charge in [-0.1, -0.05) is 6.07 Å². The number of hydrogen-bond acceptors (Lipinski definition) is 7. The number of aryl methyl sites for hydroxylation is 1. The zero-order chi connectivity index (χ0) is 18.9. The Hall–Kier alpha value is -1.54. The van der Waals surface area contributed by atoms with E-state index >= 15 is 0 Å². The van der Waals surface area contributed by atoms with E-state index in [9.17, 15) is 0 Å². The van der Waals surface area contributed by atoms with Crippen molar-refractivity contribution in [2.45, 2.75) is 32.5 Å². The number of likely N-dealkylation sites (tertiary alicyclic amines) is 2. The van der Waals surface area contributed by atoms with E-state index in [1.165, 1.54) is 36.6 Å². The van der Waals surface area contributed by atoms with E-state index in [0.717, 1.165) is 62.2 Å². The first-order valence-electron chi connectivity index (χ1n) is 10.4. The van der Waals surface area contributed by atoms with E-state index in [2.05, 4.69) is 56.0 Å². The van der Waals surface area contributed by atoms with Crippen LogP contribution in [0.4, 0.5) is 5.13 Å². The summed E-state index contributed by atoms with van der Waals surface area (Å²) in [6.45, 7) is 11.3. The summed E-state index contributed by atoms with van der Waals surface area (Å²) in [5.41, 5.74) is 2.33. The van der Waals surface area contributed by atoms with E-state index in [0.29, 0.717) is 0 Å². The number of nitrogens with zero attached hydrogens (tertiary/aromatic N) is 5. The van der Waals surface area contributed by atoms with Crippen molar-refractivity contribution in [2.75, 3.05) is 50.8 Å². The first-order chi connectivity index (χ1) is 13.7. The Kier molecular flexibility index (Phi) is 5.32. The molecule has 2 aromatic heterocycles. The number of morpholine rings is 1. The van der Waals surface area contributed by atoms with Gasteiger partial charge in [-0.05, 0) is 31.4 Å². The Morgan fingerprint density at radius 2 is 2.04 bits per heavy atom. The first kappa shape index (κ1) is 18.5. The number of ether oxygens (including phenoxy) is 1. The molecule has 3 fully saturated rings. The van der Waals surface area contributed by atoms with Gasteiger partial charge in [0.1, 0.15) is 0 Å². The summed E-state index contributed by atoms with van der Waals surface area (Å²) in [6, 6.07) is 7.09. The normalized spacial score (nSPS) is 26.1. The molecule has 3 aliphatic heterocycles. The molecule has 0 spiro atoms. The summed E-state index contributed by atoms with van der Waals surface area (Å²) in [5.74, 6) is 0.810. The van der Waals surface area contributed by atoms with Gasteiger partial charge in [0.15, 0.2) is 5.13 Å². The van der Waals surface area contributed by atoms with Crippen LogP contribution in [0.1, 0.15) is 22.7 Å². The molecule has 0 aromatic carbocycles. The highest BCUT2D eigenvalue weighted by Gasteiger charge is 2.42. The molecule has 0 unspecified atom stereocenters. The number of thiazole rings is 1. The highest BCUT2D eigenvalue weighted by Crippen LogP contribution is 2.34. The lowest BCUT2D eigenvalue weighted by molar-refractivity contribution is -0.0510.